The van der Waals surface area contributed by atoms with E-state index in [1.54, 1.807) is 12.1 Å². The molecule has 0 radical (unpaired) electrons. The Bertz CT molecular complexity index is 389. The number of carbonyl (C=O) groups excluding carboxylic acids is 1. The number of phenolic OH excluding ortho intramolecular Hbond substituents is 1. The van der Waals surface area contributed by atoms with Crippen LogP contribution in [0.2, 0.25) is 0 Å². The molecule has 0 unspecified atom stereocenters. The van der Waals surface area contributed by atoms with Crippen molar-refractivity contribution in [1.82, 2.24) is 0 Å². The fourth-order valence-corrected chi connectivity index (χ4v) is 1.11. The summed E-state index contributed by atoms with van der Waals surface area (Å²) in [5.74, 6) is -0.0168. The lowest BCUT2D eigenvalue weighted by Crippen LogP contribution is -2.22. The number of benzene rings is 1. The van der Waals surface area contributed by atoms with Crippen molar-refractivity contribution in [2.75, 3.05) is 0 Å². The Kier molecular flexibility index (Phi) is 3.58. The van der Waals surface area contributed by atoms with E-state index in [9.17, 15) is 9.90 Å². The predicted octanol–water partition coefficient (Wildman–Crippen LogP) is 2.79. The maximum atomic E-state index is 11.5. The molecule has 1 N–H and O–H groups in total. The van der Waals surface area contributed by atoms with Crippen molar-refractivity contribution >= 4 is 5.97 Å². The van der Waals surface area contributed by atoms with Gasteiger partial charge >= 0.3 is 5.97 Å². The Hall–Kier alpha value is -1.51. The van der Waals surface area contributed by atoms with Crippen LogP contribution in [0.5, 0.6) is 5.75 Å². The van der Waals surface area contributed by atoms with Gasteiger partial charge in [-0.1, -0.05) is 12.1 Å². The number of aryl methyl sites for hydroxylation is 1. The summed E-state index contributed by atoms with van der Waals surface area (Å²) in [5.41, 5.74) is 1.11. The average Bonchev–Trinajstić information content (AvgIpc) is 2.18. The van der Waals surface area contributed by atoms with Gasteiger partial charge < -0.3 is 9.84 Å². The van der Waals surface area contributed by atoms with Crippen molar-refractivity contribution in [3.05, 3.63) is 29.3 Å². The molecule has 0 aromatic heterocycles. The summed E-state index contributed by atoms with van der Waals surface area (Å²) in [6.07, 6.45) is 0. The first-order valence-electron chi connectivity index (χ1n) is 5.26. The second-order valence-electron chi connectivity index (χ2n) is 4.95. The number of phenols is 1. The summed E-state index contributed by atoms with van der Waals surface area (Å²) in [6, 6.07) is 5.26. The van der Waals surface area contributed by atoms with Gasteiger partial charge in [0.05, 0.1) is 5.41 Å². The molecule has 0 aliphatic heterocycles. The quantitative estimate of drug-likeness (QED) is 0.783. The van der Waals surface area contributed by atoms with Gasteiger partial charge in [0.25, 0.3) is 0 Å². The molecule has 3 nitrogen and oxygen atoms in total. The van der Waals surface area contributed by atoms with Crippen LogP contribution in [0.3, 0.4) is 0 Å². The highest BCUT2D eigenvalue weighted by atomic mass is 16.5. The van der Waals surface area contributed by atoms with E-state index in [0.717, 1.165) is 11.1 Å². The molecule has 0 atom stereocenters. The monoisotopic (exact) mass is 222 g/mol. The van der Waals surface area contributed by atoms with E-state index in [1.807, 2.05) is 33.8 Å². The number of rotatable bonds is 2. The van der Waals surface area contributed by atoms with Crippen molar-refractivity contribution in [2.45, 2.75) is 34.3 Å². The van der Waals surface area contributed by atoms with E-state index in [-0.39, 0.29) is 18.3 Å². The van der Waals surface area contributed by atoms with Crippen LogP contribution in [-0.4, -0.2) is 11.1 Å². The summed E-state index contributed by atoms with van der Waals surface area (Å²) >= 11 is 0. The minimum atomic E-state index is -0.493. The first-order chi connectivity index (χ1) is 7.30. The third-order valence-corrected chi connectivity index (χ3v) is 2.26. The summed E-state index contributed by atoms with van der Waals surface area (Å²) in [6.45, 7) is 7.44. The van der Waals surface area contributed by atoms with Crippen molar-refractivity contribution in [3.63, 3.8) is 0 Å². The predicted molar refractivity (Wildman–Crippen MR) is 62.1 cm³/mol. The number of esters is 1. The Labute approximate surface area is 96.1 Å². The first kappa shape index (κ1) is 12.6. The summed E-state index contributed by atoms with van der Waals surface area (Å²) in [7, 11) is 0. The molecular formula is C13H18O3. The van der Waals surface area contributed by atoms with Crippen LogP contribution in [0.4, 0.5) is 0 Å². The van der Waals surface area contributed by atoms with Crippen LogP contribution in [0.25, 0.3) is 0 Å². The molecule has 88 valence electrons. The van der Waals surface area contributed by atoms with Gasteiger partial charge in [-0.15, -0.1) is 0 Å². The lowest BCUT2D eigenvalue weighted by Gasteiger charge is -2.16. The first-order valence-corrected chi connectivity index (χ1v) is 5.26. The zero-order chi connectivity index (χ0) is 12.3. The van der Waals surface area contributed by atoms with Crippen molar-refractivity contribution in [3.8, 4) is 5.75 Å². The van der Waals surface area contributed by atoms with E-state index in [4.69, 9.17) is 4.74 Å². The molecule has 0 heterocycles. The van der Waals surface area contributed by atoms with Crippen LogP contribution in [-0.2, 0) is 16.1 Å². The molecule has 0 bridgehead atoms. The van der Waals surface area contributed by atoms with Crippen molar-refractivity contribution in [1.29, 1.82) is 0 Å². The lowest BCUT2D eigenvalue weighted by atomic mass is 9.97. The number of carbonyl (C=O) groups is 1. The van der Waals surface area contributed by atoms with Crippen molar-refractivity contribution < 1.29 is 14.6 Å². The fourth-order valence-electron chi connectivity index (χ4n) is 1.11. The highest BCUT2D eigenvalue weighted by Gasteiger charge is 2.22. The van der Waals surface area contributed by atoms with Crippen LogP contribution in [0.1, 0.15) is 31.9 Å². The van der Waals surface area contributed by atoms with E-state index in [2.05, 4.69) is 0 Å². The van der Waals surface area contributed by atoms with Crippen LogP contribution in [0.15, 0.2) is 18.2 Å². The summed E-state index contributed by atoms with van der Waals surface area (Å²) < 4.78 is 5.14. The van der Waals surface area contributed by atoms with Crippen molar-refractivity contribution in [2.24, 2.45) is 5.41 Å². The molecule has 16 heavy (non-hydrogen) atoms. The molecule has 0 spiro atoms. The summed E-state index contributed by atoms with van der Waals surface area (Å²) in [4.78, 5) is 11.5. The van der Waals surface area contributed by atoms with E-state index < -0.39 is 5.41 Å². The maximum Gasteiger partial charge on any atom is 0.311 e. The fraction of sp³-hybridized carbons (Fsp3) is 0.462. The molecule has 0 saturated heterocycles. The number of hydrogen-bond donors (Lipinski definition) is 1. The SMILES string of the molecule is Cc1ccc(COC(=O)C(C)(C)C)cc1O. The maximum absolute atomic E-state index is 11.5. The van der Waals surface area contributed by atoms with Gasteiger partial charge in [0.15, 0.2) is 0 Å². The van der Waals surface area contributed by atoms with E-state index >= 15 is 0 Å². The Morgan fingerprint density at radius 3 is 2.50 bits per heavy atom. The van der Waals surface area contributed by atoms with Gasteiger partial charge in [-0.2, -0.15) is 0 Å². The van der Waals surface area contributed by atoms with Crippen LogP contribution < -0.4 is 0 Å². The van der Waals surface area contributed by atoms with E-state index in [1.165, 1.54) is 0 Å². The second-order valence-corrected chi connectivity index (χ2v) is 4.95. The third kappa shape index (κ3) is 3.26. The molecular weight excluding hydrogens is 204 g/mol. The van der Waals surface area contributed by atoms with Gasteiger partial charge in [-0.25, -0.2) is 0 Å². The molecule has 0 aliphatic rings. The summed E-state index contributed by atoms with van der Waals surface area (Å²) in [5, 5.41) is 9.48. The molecule has 0 amide bonds. The molecule has 0 fully saturated rings. The molecule has 1 aromatic rings. The highest BCUT2D eigenvalue weighted by Crippen LogP contribution is 2.20. The van der Waals surface area contributed by atoms with Gasteiger partial charge in [-0.3, -0.25) is 4.79 Å². The highest BCUT2D eigenvalue weighted by molar-refractivity contribution is 5.75. The Morgan fingerprint density at radius 2 is 2.00 bits per heavy atom. The second kappa shape index (κ2) is 4.56. The topological polar surface area (TPSA) is 46.5 Å². The zero-order valence-corrected chi connectivity index (χ0v) is 10.2. The van der Waals surface area contributed by atoms with E-state index in [0.29, 0.717) is 0 Å². The number of ether oxygens (including phenoxy) is 1. The number of hydrogen-bond acceptors (Lipinski definition) is 3. The minimum absolute atomic E-state index is 0.198. The Morgan fingerprint density at radius 1 is 1.38 bits per heavy atom. The Balaban J connectivity index is 2.62. The molecule has 1 aromatic carbocycles. The van der Waals surface area contributed by atoms with Gasteiger partial charge in [-0.05, 0) is 44.9 Å². The number of aromatic hydroxyl groups is 1. The smallest absolute Gasteiger partial charge is 0.311 e. The molecule has 1 rings (SSSR count). The largest absolute Gasteiger partial charge is 0.508 e. The lowest BCUT2D eigenvalue weighted by molar-refractivity contribution is -0.154. The molecule has 0 aliphatic carbocycles. The van der Waals surface area contributed by atoms with Gasteiger partial charge in [0.2, 0.25) is 0 Å². The van der Waals surface area contributed by atoms with Crippen LogP contribution in [0, 0.1) is 12.3 Å². The molecule has 3 heteroatoms. The average molecular weight is 222 g/mol. The standard InChI is InChI=1S/C13H18O3/c1-9-5-6-10(7-11(9)14)8-16-12(15)13(2,3)4/h5-7,14H,8H2,1-4H3. The molecule has 0 saturated carbocycles. The van der Waals surface area contributed by atoms with Gasteiger partial charge in [0.1, 0.15) is 12.4 Å². The minimum Gasteiger partial charge on any atom is -0.508 e. The normalized spacial score (nSPS) is 11.2. The van der Waals surface area contributed by atoms with Crippen LogP contribution >= 0.6 is 0 Å². The third-order valence-electron chi connectivity index (χ3n) is 2.26. The zero-order valence-electron chi connectivity index (χ0n) is 10.2. The van der Waals surface area contributed by atoms with Gasteiger partial charge in [0, 0.05) is 0 Å².